The smallest absolute Gasteiger partial charge is 0.239 e. The lowest BCUT2D eigenvalue weighted by molar-refractivity contribution is -0.124. The molecule has 0 saturated heterocycles. The number of ether oxygens (including phenoxy) is 2. The van der Waals surface area contributed by atoms with Gasteiger partial charge < -0.3 is 15.2 Å². The van der Waals surface area contributed by atoms with Crippen molar-refractivity contribution in [1.82, 2.24) is 4.90 Å². The molecule has 1 amide bonds. The van der Waals surface area contributed by atoms with Crippen molar-refractivity contribution >= 4 is 5.91 Å². The molecular formula is C21H22N2O3. The van der Waals surface area contributed by atoms with Crippen molar-refractivity contribution < 1.29 is 14.3 Å². The zero-order chi connectivity index (χ0) is 17.9. The van der Waals surface area contributed by atoms with Gasteiger partial charge >= 0.3 is 0 Å². The van der Waals surface area contributed by atoms with Crippen LogP contribution in [-0.2, 0) is 27.1 Å². The lowest BCUT2D eigenvalue weighted by Crippen LogP contribution is -2.49. The Bertz CT molecular complexity index is 819. The second-order valence-corrected chi connectivity index (χ2v) is 6.65. The highest BCUT2D eigenvalue weighted by atomic mass is 16.7. The zero-order valence-electron chi connectivity index (χ0n) is 14.5. The van der Waals surface area contributed by atoms with Crippen LogP contribution in [0.15, 0.2) is 66.6 Å². The van der Waals surface area contributed by atoms with Gasteiger partial charge in [-0.15, -0.1) is 0 Å². The molecule has 2 aliphatic rings. The molecule has 2 aliphatic heterocycles. The summed E-state index contributed by atoms with van der Waals surface area (Å²) in [6.07, 6.45) is 3.26. The quantitative estimate of drug-likeness (QED) is 0.900. The Labute approximate surface area is 153 Å². The number of nitrogens with two attached hydrogens (primary N) is 1. The largest absolute Gasteiger partial charge is 0.462 e. The first-order valence-corrected chi connectivity index (χ1v) is 8.85. The van der Waals surface area contributed by atoms with Crippen LogP contribution in [0.3, 0.4) is 0 Å². The number of hydrogen-bond acceptors (Lipinski definition) is 4. The van der Waals surface area contributed by atoms with Crippen molar-refractivity contribution in [3.63, 3.8) is 0 Å². The minimum Gasteiger partial charge on any atom is -0.462 e. The molecule has 0 bridgehead atoms. The lowest BCUT2D eigenvalue weighted by atomic mass is 9.89. The van der Waals surface area contributed by atoms with Crippen LogP contribution in [-0.4, -0.2) is 30.2 Å². The molecule has 2 unspecified atom stereocenters. The third-order valence-electron chi connectivity index (χ3n) is 5.08. The summed E-state index contributed by atoms with van der Waals surface area (Å²) in [4.78, 5) is 14.5. The summed E-state index contributed by atoms with van der Waals surface area (Å²) in [6.45, 7) is 0.953. The summed E-state index contributed by atoms with van der Waals surface area (Å²) in [5, 5.41) is 0. The molecule has 0 fully saturated rings. The van der Waals surface area contributed by atoms with Crippen molar-refractivity contribution in [3.05, 3.63) is 83.3 Å². The summed E-state index contributed by atoms with van der Waals surface area (Å²) in [6, 6.07) is 17.7. The van der Waals surface area contributed by atoms with E-state index in [0.29, 0.717) is 0 Å². The topological polar surface area (TPSA) is 64.8 Å². The van der Waals surface area contributed by atoms with Gasteiger partial charge in [0.05, 0.1) is 6.04 Å². The van der Waals surface area contributed by atoms with E-state index in [0.717, 1.165) is 30.7 Å². The number of amides is 1. The number of carbonyl (C=O) groups is 1. The normalized spacial score (nSPS) is 20.5. The average Bonchev–Trinajstić information content (AvgIpc) is 3.20. The Kier molecular flexibility index (Phi) is 4.63. The summed E-state index contributed by atoms with van der Waals surface area (Å²) in [5.74, 6) is 0.411. The minimum atomic E-state index is -0.473. The van der Waals surface area contributed by atoms with Gasteiger partial charge in [-0.1, -0.05) is 54.6 Å². The molecular weight excluding hydrogens is 328 g/mol. The molecule has 2 aromatic rings. The second-order valence-electron chi connectivity index (χ2n) is 6.65. The maximum atomic E-state index is 12.4. The number of carbonyl (C=O) groups excluding carboxylic acids is 1. The molecule has 134 valence electrons. The molecule has 2 heterocycles. The molecule has 5 nitrogen and oxygen atoms in total. The molecule has 26 heavy (non-hydrogen) atoms. The maximum absolute atomic E-state index is 12.4. The molecule has 0 radical (unpaired) electrons. The average molecular weight is 350 g/mol. The molecule has 5 heteroatoms. The number of hydrogen-bond donors (Lipinski definition) is 1. The fraction of sp³-hybridized carbons (Fsp3) is 0.286. The van der Waals surface area contributed by atoms with Crippen molar-refractivity contribution in [1.29, 1.82) is 0 Å². The van der Waals surface area contributed by atoms with E-state index in [2.05, 4.69) is 23.1 Å². The van der Waals surface area contributed by atoms with Crippen LogP contribution >= 0.6 is 0 Å². The Morgan fingerprint density at radius 2 is 1.92 bits per heavy atom. The summed E-state index contributed by atoms with van der Waals surface area (Å²) >= 11 is 0. The molecule has 2 aromatic carbocycles. The number of nitrogens with zero attached hydrogens (tertiary/aromatic N) is 1. The predicted octanol–water partition coefficient (Wildman–Crippen LogP) is 2.53. The molecule has 0 spiro atoms. The van der Waals surface area contributed by atoms with E-state index in [-0.39, 0.29) is 18.7 Å². The first-order chi connectivity index (χ1) is 12.7. The van der Waals surface area contributed by atoms with E-state index < -0.39 is 6.04 Å². The Morgan fingerprint density at radius 1 is 1.15 bits per heavy atom. The Balaban J connectivity index is 1.71. The van der Waals surface area contributed by atoms with E-state index >= 15 is 0 Å². The number of benzene rings is 2. The maximum Gasteiger partial charge on any atom is 0.239 e. The van der Waals surface area contributed by atoms with Crippen LogP contribution in [0.1, 0.15) is 22.7 Å². The molecule has 4 rings (SSSR count). The van der Waals surface area contributed by atoms with E-state index in [1.54, 1.807) is 6.26 Å². The summed E-state index contributed by atoms with van der Waals surface area (Å²) in [5.41, 5.74) is 9.18. The fourth-order valence-corrected chi connectivity index (χ4v) is 3.88. The van der Waals surface area contributed by atoms with Gasteiger partial charge in [-0.3, -0.25) is 9.69 Å². The van der Waals surface area contributed by atoms with Gasteiger partial charge in [-0.25, -0.2) is 0 Å². The van der Waals surface area contributed by atoms with Crippen LogP contribution in [0.5, 0.6) is 0 Å². The van der Waals surface area contributed by atoms with Crippen LogP contribution in [0, 0.1) is 0 Å². The Hall–Kier alpha value is -2.79. The monoisotopic (exact) mass is 350 g/mol. The van der Waals surface area contributed by atoms with E-state index in [1.165, 1.54) is 11.1 Å². The van der Waals surface area contributed by atoms with Crippen LogP contribution in [0.25, 0.3) is 0 Å². The van der Waals surface area contributed by atoms with Crippen LogP contribution in [0.4, 0.5) is 0 Å². The highest BCUT2D eigenvalue weighted by molar-refractivity contribution is 5.82. The van der Waals surface area contributed by atoms with E-state index in [9.17, 15) is 4.79 Å². The van der Waals surface area contributed by atoms with Gasteiger partial charge in [-0.05, 0) is 29.5 Å². The fourth-order valence-electron chi connectivity index (χ4n) is 3.88. The zero-order valence-corrected chi connectivity index (χ0v) is 14.5. The van der Waals surface area contributed by atoms with Crippen LogP contribution in [0.2, 0.25) is 0 Å². The van der Waals surface area contributed by atoms with E-state index in [1.807, 2.05) is 36.4 Å². The second kappa shape index (κ2) is 7.22. The third kappa shape index (κ3) is 3.18. The Morgan fingerprint density at radius 3 is 2.65 bits per heavy atom. The first kappa shape index (κ1) is 16.7. The van der Waals surface area contributed by atoms with Gasteiger partial charge in [0.2, 0.25) is 12.7 Å². The highest BCUT2D eigenvalue weighted by Crippen LogP contribution is 2.34. The van der Waals surface area contributed by atoms with Crippen molar-refractivity contribution in [2.75, 3.05) is 13.3 Å². The lowest BCUT2D eigenvalue weighted by Gasteiger charge is -2.40. The predicted molar refractivity (Wildman–Crippen MR) is 97.8 cm³/mol. The molecule has 0 aliphatic carbocycles. The summed E-state index contributed by atoms with van der Waals surface area (Å²) in [7, 11) is 0. The third-order valence-corrected chi connectivity index (χ3v) is 5.08. The van der Waals surface area contributed by atoms with Gasteiger partial charge in [0.15, 0.2) is 5.76 Å². The van der Waals surface area contributed by atoms with Crippen molar-refractivity contribution in [2.24, 2.45) is 5.73 Å². The summed E-state index contributed by atoms with van der Waals surface area (Å²) < 4.78 is 11.0. The highest BCUT2D eigenvalue weighted by Gasteiger charge is 2.38. The van der Waals surface area contributed by atoms with Crippen molar-refractivity contribution in [3.8, 4) is 0 Å². The minimum absolute atomic E-state index is 0.106. The number of rotatable bonds is 5. The molecule has 2 N–H and O–H groups in total. The van der Waals surface area contributed by atoms with Gasteiger partial charge in [-0.2, -0.15) is 0 Å². The number of primary amides is 1. The first-order valence-electron chi connectivity index (χ1n) is 8.85. The van der Waals surface area contributed by atoms with Gasteiger partial charge in [0.1, 0.15) is 12.3 Å². The van der Waals surface area contributed by atoms with Crippen molar-refractivity contribution in [2.45, 2.75) is 24.9 Å². The van der Waals surface area contributed by atoms with Crippen LogP contribution < -0.4 is 5.73 Å². The molecule has 0 saturated carbocycles. The van der Waals surface area contributed by atoms with Gasteiger partial charge in [0, 0.05) is 6.54 Å². The standard InChI is InChI=1S/C21H22N2O3/c22-21(24)20-17-9-5-4-8-16(17)10-11-23(20)18(19-13-25-14-26-19)12-15-6-2-1-3-7-15/h1-9,13,18,20H,10-12,14H2,(H2,22,24). The number of fused-ring (bicyclic) bond motifs is 1. The molecule has 0 aromatic heterocycles. The molecule has 2 atom stereocenters. The van der Waals surface area contributed by atoms with E-state index in [4.69, 9.17) is 15.2 Å². The van der Waals surface area contributed by atoms with Gasteiger partial charge in [0.25, 0.3) is 0 Å². The SMILES string of the molecule is NC(=O)C1c2ccccc2CCN1C(Cc1ccccc1)C1=COCO1.